The number of hydrogen-bond acceptors (Lipinski definition) is 3. The van der Waals surface area contributed by atoms with Gasteiger partial charge in [-0.15, -0.1) is 0 Å². The van der Waals surface area contributed by atoms with E-state index in [-0.39, 0.29) is 24.1 Å². The fraction of sp³-hybridized carbons (Fsp3) is 0.588. The number of nitrogens with one attached hydrogen (secondary N) is 2. The molecule has 122 valence electrons. The number of benzene rings is 1. The Morgan fingerprint density at radius 2 is 2.05 bits per heavy atom. The number of carbonyl (C=O) groups excluding carboxylic acids is 1. The Hall–Kier alpha value is -1.75. The Morgan fingerprint density at radius 1 is 1.36 bits per heavy atom. The van der Waals surface area contributed by atoms with E-state index in [4.69, 9.17) is 4.74 Å². The van der Waals surface area contributed by atoms with Gasteiger partial charge in [-0.2, -0.15) is 0 Å². The topological polar surface area (TPSA) is 70.6 Å². The van der Waals surface area contributed by atoms with Crippen LogP contribution in [0.2, 0.25) is 0 Å². The van der Waals surface area contributed by atoms with Crippen molar-refractivity contribution < 1.29 is 14.6 Å². The van der Waals surface area contributed by atoms with Crippen molar-refractivity contribution in [2.75, 3.05) is 20.3 Å². The van der Waals surface area contributed by atoms with Gasteiger partial charge in [0.05, 0.1) is 13.7 Å². The molecule has 1 aliphatic rings. The van der Waals surface area contributed by atoms with Crippen LogP contribution < -0.4 is 15.4 Å². The van der Waals surface area contributed by atoms with Gasteiger partial charge in [-0.3, -0.25) is 0 Å². The molecular formula is C17H26N2O3. The van der Waals surface area contributed by atoms with E-state index in [0.717, 1.165) is 31.4 Å². The largest absolute Gasteiger partial charge is 0.497 e. The molecular weight excluding hydrogens is 280 g/mol. The Morgan fingerprint density at radius 3 is 2.59 bits per heavy atom. The first-order valence-corrected chi connectivity index (χ1v) is 7.85. The van der Waals surface area contributed by atoms with Gasteiger partial charge in [0.25, 0.3) is 0 Å². The number of rotatable bonds is 8. The van der Waals surface area contributed by atoms with Crippen LogP contribution in [0.4, 0.5) is 4.79 Å². The van der Waals surface area contributed by atoms with Crippen LogP contribution in [-0.2, 0) is 6.42 Å². The Bertz CT molecular complexity index is 483. The maximum absolute atomic E-state index is 11.8. The lowest BCUT2D eigenvalue weighted by atomic mass is 10.1. The summed E-state index contributed by atoms with van der Waals surface area (Å²) in [5.74, 6) is 0.854. The molecule has 1 atom stereocenters. The number of aryl methyl sites for hydroxylation is 1. The SMILES string of the molecule is COc1ccc(CCC(C)NC(=O)NCC2(CO)CC2)cc1. The molecule has 1 saturated carbocycles. The predicted octanol–water partition coefficient (Wildman–Crippen LogP) is 2.09. The standard InChI is InChI=1S/C17H26N2O3/c1-13(3-4-14-5-7-15(22-2)8-6-14)19-16(21)18-11-17(12-20)9-10-17/h5-8,13,20H,3-4,9-12H2,1-2H3,(H2,18,19,21). The number of urea groups is 1. The molecule has 5 nitrogen and oxygen atoms in total. The third-order valence-electron chi connectivity index (χ3n) is 4.32. The van der Waals surface area contributed by atoms with Gasteiger partial charge in [0.1, 0.15) is 5.75 Å². The van der Waals surface area contributed by atoms with E-state index < -0.39 is 0 Å². The first-order valence-electron chi connectivity index (χ1n) is 7.85. The van der Waals surface area contributed by atoms with Gasteiger partial charge in [0.15, 0.2) is 0 Å². The van der Waals surface area contributed by atoms with Gasteiger partial charge in [-0.1, -0.05) is 12.1 Å². The van der Waals surface area contributed by atoms with Crippen molar-refractivity contribution in [3.63, 3.8) is 0 Å². The summed E-state index contributed by atoms with van der Waals surface area (Å²) in [6, 6.07) is 7.94. The highest BCUT2D eigenvalue weighted by molar-refractivity contribution is 5.74. The van der Waals surface area contributed by atoms with E-state index in [2.05, 4.69) is 10.6 Å². The van der Waals surface area contributed by atoms with Crippen LogP contribution in [0.5, 0.6) is 5.75 Å². The van der Waals surface area contributed by atoms with Crippen molar-refractivity contribution in [3.05, 3.63) is 29.8 Å². The van der Waals surface area contributed by atoms with E-state index in [9.17, 15) is 9.90 Å². The van der Waals surface area contributed by atoms with Crippen molar-refractivity contribution in [1.29, 1.82) is 0 Å². The zero-order valence-corrected chi connectivity index (χ0v) is 13.4. The summed E-state index contributed by atoms with van der Waals surface area (Å²) in [7, 11) is 1.65. The first-order chi connectivity index (χ1) is 10.6. The second-order valence-electron chi connectivity index (χ2n) is 6.27. The molecule has 0 spiro atoms. The molecule has 0 aliphatic heterocycles. The van der Waals surface area contributed by atoms with Gasteiger partial charge in [0, 0.05) is 18.0 Å². The van der Waals surface area contributed by atoms with Crippen molar-refractivity contribution in [3.8, 4) is 5.75 Å². The normalized spacial score (nSPS) is 16.7. The molecule has 0 saturated heterocycles. The number of aliphatic hydroxyl groups is 1. The summed E-state index contributed by atoms with van der Waals surface area (Å²) in [5, 5.41) is 15.0. The molecule has 22 heavy (non-hydrogen) atoms. The molecule has 1 aromatic carbocycles. The second-order valence-corrected chi connectivity index (χ2v) is 6.27. The van der Waals surface area contributed by atoms with E-state index in [1.807, 2.05) is 31.2 Å². The lowest BCUT2D eigenvalue weighted by Gasteiger charge is -2.17. The number of ether oxygens (including phenoxy) is 1. The fourth-order valence-corrected chi connectivity index (χ4v) is 2.36. The number of hydrogen-bond donors (Lipinski definition) is 3. The monoisotopic (exact) mass is 306 g/mol. The van der Waals surface area contributed by atoms with Crippen molar-refractivity contribution in [2.45, 2.75) is 38.6 Å². The third kappa shape index (κ3) is 4.91. The van der Waals surface area contributed by atoms with Crippen molar-refractivity contribution in [2.24, 2.45) is 5.41 Å². The highest BCUT2D eigenvalue weighted by Gasteiger charge is 2.42. The van der Waals surface area contributed by atoms with Crippen LogP contribution in [0.1, 0.15) is 31.7 Å². The molecule has 1 fully saturated rings. The smallest absolute Gasteiger partial charge is 0.315 e. The summed E-state index contributed by atoms with van der Waals surface area (Å²) < 4.78 is 5.13. The van der Waals surface area contributed by atoms with E-state index in [1.54, 1.807) is 7.11 Å². The van der Waals surface area contributed by atoms with Crippen LogP contribution >= 0.6 is 0 Å². The molecule has 5 heteroatoms. The van der Waals surface area contributed by atoms with E-state index in [1.165, 1.54) is 5.56 Å². The molecule has 3 N–H and O–H groups in total. The van der Waals surface area contributed by atoms with Crippen LogP contribution in [0, 0.1) is 5.41 Å². The van der Waals surface area contributed by atoms with Gasteiger partial charge >= 0.3 is 6.03 Å². The van der Waals surface area contributed by atoms with E-state index >= 15 is 0 Å². The van der Waals surface area contributed by atoms with Crippen LogP contribution in [0.3, 0.4) is 0 Å². The number of carbonyl (C=O) groups is 1. The number of methoxy groups -OCH3 is 1. The molecule has 2 amide bonds. The molecule has 1 unspecified atom stereocenters. The lowest BCUT2D eigenvalue weighted by Crippen LogP contribution is -2.43. The van der Waals surface area contributed by atoms with Crippen molar-refractivity contribution >= 4 is 6.03 Å². The van der Waals surface area contributed by atoms with Gasteiger partial charge in [-0.25, -0.2) is 4.79 Å². The lowest BCUT2D eigenvalue weighted by molar-refractivity contribution is 0.202. The minimum Gasteiger partial charge on any atom is -0.497 e. The van der Waals surface area contributed by atoms with Gasteiger partial charge in [-0.05, 0) is 50.3 Å². The number of amides is 2. The van der Waals surface area contributed by atoms with Crippen LogP contribution in [0.15, 0.2) is 24.3 Å². The minimum atomic E-state index is -0.151. The summed E-state index contributed by atoms with van der Waals surface area (Å²) in [6.45, 7) is 2.71. The molecule has 0 bridgehead atoms. The van der Waals surface area contributed by atoms with Crippen LogP contribution in [-0.4, -0.2) is 37.4 Å². The maximum atomic E-state index is 11.8. The average Bonchev–Trinajstić information content (AvgIpc) is 3.32. The third-order valence-corrected chi connectivity index (χ3v) is 4.32. The van der Waals surface area contributed by atoms with Gasteiger partial charge < -0.3 is 20.5 Å². The summed E-state index contributed by atoms with van der Waals surface area (Å²) in [6.07, 6.45) is 3.78. The van der Waals surface area contributed by atoms with Crippen LogP contribution in [0.25, 0.3) is 0 Å². The predicted molar refractivity (Wildman–Crippen MR) is 86.1 cm³/mol. The minimum absolute atomic E-state index is 0.0519. The summed E-state index contributed by atoms with van der Waals surface area (Å²) in [5.41, 5.74) is 1.18. The summed E-state index contributed by atoms with van der Waals surface area (Å²) in [4.78, 5) is 11.8. The second kappa shape index (κ2) is 7.49. The zero-order chi connectivity index (χ0) is 16.0. The summed E-state index contributed by atoms with van der Waals surface area (Å²) >= 11 is 0. The molecule has 1 aromatic rings. The molecule has 0 radical (unpaired) electrons. The quantitative estimate of drug-likeness (QED) is 0.689. The zero-order valence-electron chi connectivity index (χ0n) is 13.4. The molecule has 0 heterocycles. The maximum Gasteiger partial charge on any atom is 0.315 e. The highest BCUT2D eigenvalue weighted by atomic mass is 16.5. The highest BCUT2D eigenvalue weighted by Crippen LogP contribution is 2.44. The van der Waals surface area contributed by atoms with Crippen molar-refractivity contribution in [1.82, 2.24) is 10.6 Å². The fourth-order valence-electron chi connectivity index (χ4n) is 2.36. The van der Waals surface area contributed by atoms with Gasteiger partial charge in [0.2, 0.25) is 0 Å². The number of aliphatic hydroxyl groups excluding tert-OH is 1. The Kier molecular flexibility index (Phi) is 5.66. The first kappa shape index (κ1) is 16.6. The average molecular weight is 306 g/mol. The molecule has 0 aromatic heterocycles. The molecule has 2 rings (SSSR count). The Balaban J connectivity index is 1.66. The Labute approximate surface area is 132 Å². The molecule has 1 aliphatic carbocycles. The van der Waals surface area contributed by atoms with E-state index in [0.29, 0.717) is 6.54 Å².